The number of anilines is 2. The highest BCUT2D eigenvalue weighted by Crippen LogP contribution is 2.38. The van der Waals surface area contributed by atoms with Gasteiger partial charge >= 0.3 is 5.97 Å². The predicted octanol–water partition coefficient (Wildman–Crippen LogP) is 1.88. The molecule has 112 valence electrons. The van der Waals surface area contributed by atoms with Gasteiger partial charge < -0.3 is 10.1 Å². The number of thiophene rings is 1. The lowest BCUT2D eigenvalue weighted by atomic mass is 10.1. The Morgan fingerprint density at radius 1 is 1.38 bits per heavy atom. The van der Waals surface area contributed by atoms with Gasteiger partial charge in [0.1, 0.15) is 4.88 Å². The fraction of sp³-hybridized carbons (Fsp3) is 0.308. The lowest BCUT2D eigenvalue weighted by Gasteiger charge is -2.30. The van der Waals surface area contributed by atoms with Crippen molar-refractivity contribution < 1.29 is 17.9 Å². The first-order chi connectivity index (χ1) is 9.90. The minimum absolute atomic E-state index is 0.387. The maximum Gasteiger partial charge on any atom is 0.348 e. The van der Waals surface area contributed by atoms with Crippen LogP contribution < -0.4 is 9.62 Å². The highest BCUT2D eigenvalue weighted by molar-refractivity contribution is 7.92. The van der Waals surface area contributed by atoms with Crippen LogP contribution in [0.25, 0.3) is 10.1 Å². The Bertz CT molecular complexity index is 826. The van der Waals surface area contributed by atoms with E-state index in [9.17, 15) is 13.2 Å². The van der Waals surface area contributed by atoms with Crippen molar-refractivity contribution in [1.29, 1.82) is 0 Å². The number of esters is 1. The number of ether oxygens (including phenoxy) is 1. The predicted molar refractivity (Wildman–Crippen MR) is 83.8 cm³/mol. The van der Waals surface area contributed by atoms with E-state index >= 15 is 0 Å². The number of carbonyl (C=O) groups is 1. The van der Waals surface area contributed by atoms with Gasteiger partial charge in [0.15, 0.2) is 0 Å². The number of fused-ring (bicyclic) bond motifs is 2. The summed E-state index contributed by atoms with van der Waals surface area (Å²) in [7, 11) is -1.98. The third-order valence-electron chi connectivity index (χ3n) is 3.32. The standard InChI is InChI=1S/C13H14N2O4S2/c1-19-13(16)12-6-8-5-10-9(7-11(8)20-12)14-3-4-15(10)21(2,17)18/h5-7,14H,3-4H2,1-2H3. The summed E-state index contributed by atoms with van der Waals surface area (Å²) in [6, 6.07) is 5.39. The Morgan fingerprint density at radius 2 is 2.14 bits per heavy atom. The molecular formula is C13H14N2O4S2. The number of methoxy groups -OCH3 is 1. The van der Waals surface area contributed by atoms with Crippen LogP contribution in [0.4, 0.5) is 11.4 Å². The number of nitrogens with zero attached hydrogens (tertiary/aromatic N) is 1. The first-order valence-corrected chi connectivity index (χ1v) is 8.94. The Balaban J connectivity index is 2.17. The largest absolute Gasteiger partial charge is 0.465 e. The van der Waals surface area contributed by atoms with Gasteiger partial charge in [-0.05, 0) is 23.6 Å². The summed E-state index contributed by atoms with van der Waals surface area (Å²) in [5.41, 5.74) is 1.38. The van der Waals surface area contributed by atoms with E-state index < -0.39 is 10.0 Å². The van der Waals surface area contributed by atoms with Gasteiger partial charge in [0.2, 0.25) is 10.0 Å². The molecule has 1 aliphatic heterocycles. The topological polar surface area (TPSA) is 75.7 Å². The molecule has 1 aromatic heterocycles. The average molecular weight is 326 g/mol. The molecule has 1 aromatic carbocycles. The van der Waals surface area contributed by atoms with Crippen molar-refractivity contribution in [2.24, 2.45) is 0 Å². The molecule has 6 nitrogen and oxygen atoms in total. The molecule has 0 radical (unpaired) electrons. The smallest absolute Gasteiger partial charge is 0.348 e. The molecule has 2 heterocycles. The zero-order valence-electron chi connectivity index (χ0n) is 11.5. The molecule has 0 amide bonds. The highest BCUT2D eigenvalue weighted by atomic mass is 32.2. The van der Waals surface area contributed by atoms with E-state index in [1.165, 1.54) is 29.0 Å². The summed E-state index contributed by atoms with van der Waals surface area (Å²) < 4.78 is 30.8. The summed E-state index contributed by atoms with van der Waals surface area (Å²) >= 11 is 1.33. The van der Waals surface area contributed by atoms with Gasteiger partial charge in [0, 0.05) is 11.2 Å². The minimum Gasteiger partial charge on any atom is -0.465 e. The van der Waals surface area contributed by atoms with Crippen LogP contribution in [0.3, 0.4) is 0 Å². The van der Waals surface area contributed by atoms with Crippen molar-refractivity contribution in [3.63, 3.8) is 0 Å². The molecule has 8 heteroatoms. The van der Waals surface area contributed by atoms with Crippen LogP contribution in [0.15, 0.2) is 18.2 Å². The zero-order chi connectivity index (χ0) is 15.2. The molecular weight excluding hydrogens is 312 g/mol. The maximum atomic E-state index is 11.9. The van der Waals surface area contributed by atoms with E-state index in [0.29, 0.717) is 23.7 Å². The lowest BCUT2D eigenvalue weighted by molar-refractivity contribution is 0.0606. The van der Waals surface area contributed by atoms with Crippen LogP contribution in [0, 0.1) is 0 Å². The van der Waals surface area contributed by atoms with E-state index in [1.807, 2.05) is 6.07 Å². The molecule has 0 saturated carbocycles. The summed E-state index contributed by atoms with van der Waals surface area (Å²) in [6.07, 6.45) is 1.19. The van der Waals surface area contributed by atoms with Gasteiger partial charge in [-0.2, -0.15) is 0 Å². The third-order valence-corrected chi connectivity index (χ3v) is 5.58. The number of hydrogen-bond acceptors (Lipinski definition) is 6. The Hall–Kier alpha value is -1.80. The molecule has 0 bridgehead atoms. The molecule has 1 aliphatic rings. The molecule has 0 spiro atoms. The first kappa shape index (κ1) is 14.2. The number of carbonyl (C=O) groups excluding carboxylic acids is 1. The van der Waals surface area contributed by atoms with E-state index in [0.717, 1.165) is 15.8 Å². The van der Waals surface area contributed by atoms with Crippen LogP contribution in [0.1, 0.15) is 9.67 Å². The average Bonchev–Trinajstić information content (AvgIpc) is 2.84. The second kappa shape index (κ2) is 4.88. The molecule has 3 rings (SSSR count). The maximum absolute atomic E-state index is 11.9. The van der Waals surface area contributed by atoms with E-state index in [4.69, 9.17) is 4.74 Å². The van der Waals surface area contributed by atoms with Gasteiger partial charge in [-0.1, -0.05) is 0 Å². The number of benzene rings is 1. The number of nitrogens with one attached hydrogen (secondary N) is 1. The quantitative estimate of drug-likeness (QED) is 0.853. The summed E-state index contributed by atoms with van der Waals surface area (Å²) in [5, 5.41) is 4.02. The van der Waals surface area contributed by atoms with Crippen molar-refractivity contribution in [2.75, 3.05) is 36.1 Å². The fourth-order valence-electron chi connectivity index (χ4n) is 2.38. The van der Waals surface area contributed by atoms with Crippen LogP contribution in [0.5, 0.6) is 0 Å². The zero-order valence-corrected chi connectivity index (χ0v) is 13.2. The molecule has 0 atom stereocenters. The number of rotatable bonds is 2. The van der Waals surface area contributed by atoms with E-state index in [-0.39, 0.29) is 5.97 Å². The normalized spacial score (nSPS) is 14.7. The van der Waals surface area contributed by atoms with Crippen molar-refractivity contribution in [1.82, 2.24) is 0 Å². The Labute approximate surface area is 126 Å². The summed E-state index contributed by atoms with van der Waals surface area (Å²) in [4.78, 5) is 12.1. The number of sulfonamides is 1. The van der Waals surface area contributed by atoms with Gasteiger partial charge in [0.25, 0.3) is 0 Å². The van der Waals surface area contributed by atoms with Crippen molar-refractivity contribution in [3.05, 3.63) is 23.1 Å². The monoisotopic (exact) mass is 326 g/mol. The van der Waals surface area contributed by atoms with Gasteiger partial charge in [0.05, 0.1) is 31.3 Å². The summed E-state index contributed by atoms with van der Waals surface area (Å²) in [5.74, 6) is -0.387. The van der Waals surface area contributed by atoms with Crippen molar-refractivity contribution in [3.8, 4) is 0 Å². The lowest BCUT2D eigenvalue weighted by Crippen LogP contribution is -2.38. The Morgan fingerprint density at radius 3 is 2.81 bits per heavy atom. The van der Waals surface area contributed by atoms with E-state index in [2.05, 4.69) is 5.32 Å². The summed E-state index contributed by atoms with van der Waals surface area (Å²) in [6.45, 7) is 0.951. The number of hydrogen-bond donors (Lipinski definition) is 1. The van der Waals surface area contributed by atoms with Crippen LogP contribution in [-0.2, 0) is 14.8 Å². The Kier molecular flexibility index (Phi) is 3.29. The molecule has 0 saturated heterocycles. The SMILES string of the molecule is COC(=O)c1cc2cc3c(cc2s1)NCCN3S(C)(=O)=O. The first-order valence-electron chi connectivity index (χ1n) is 6.27. The van der Waals surface area contributed by atoms with Gasteiger partial charge in [-0.25, -0.2) is 13.2 Å². The molecule has 0 aliphatic carbocycles. The van der Waals surface area contributed by atoms with E-state index in [1.54, 1.807) is 12.1 Å². The van der Waals surface area contributed by atoms with Gasteiger partial charge in [-0.15, -0.1) is 11.3 Å². The molecule has 2 aromatic rings. The second-order valence-electron chi connectivity index (χ2n) is 4.77. The minimum atomic E-state index is -3.32. The molecule has 0 unspecified atom stereocenters. The van der Waals surface area contributed by atoms with Crippen LogP contribution in [0.2, 0.25) is 0 Å². The van der Waals surface area contributed by atoms with Crippen molar-refractivity contribution >= 4 is 48.8 Å². The second-order valence-corrected chi connectivity index (χ2v) is 7.76. The molecule has 0 fully saturated rings. The van der Waals surface area contributed by atoms with Gasteiger partial charge in [-0.3, -0.25) is 4.31 Å². The fourth-order valence-corrected chi connectivity index (χ4v) is 4.31. The molecule has 1 N–H and O–H groups in total. The third kappa shape index (κ3) is 2.44. The molecule has 21 heavy (non-hydrogen) atoms. The van der Waals surface area contributed by atoms with Crippen LogP contribution >= 0.6 is 11.3 Å². The van der Waals surface area contributed by atoms with Crippen LogP contribution in [-0.4, -0.2) is 40.8 Å². The highest BCUT2D eigenvalue weighted by Gasteiger charge is 2.25. The van der Waals surface area contributed by atoms with Crippen molar-refractivity contribution in [2.45, 2.75) is 0 Å².